The molecule has 1 atom stereocenters. The average molecular weight is 455 g/mol. The van der Waals surface area contributed by atoms with Crippen molar-refractivity contribution in [2.45, 2.75) is 45.0 Å². The molecule has 0 bridgehead atoms. The van der Waals surface area contributed by atoms with Crippen LogP contribution in [0, 0.1) is 6.92 Å². The van der Waals surface area contributed by atoms with E-state index in [4.69, 9.17) is 16.3 Å². The molecular formula is C22H22ClF3N2O3. The van der Waals surface area contributed by atoms with Crippen molar-refractivity contribution < 1.29 is 27.8 Å². The normalized spacial score (nSPS) is 19.0. The molecular weight excluding hydrogens is 433 g/mol. The van der Waals surface area contributed by atoms with Crippen LogP contribution in [0.15, 0.2) is 47.6 Å². The minimum atomic E-state index is -5.12. The lowest BCUT2D eigenvalue weighted by molar-refractivity contribution is -0.302. The first-order valence-corrected chi connectivity index (χ1v) is 9.99. The Hall–Kier alpha value is -2.58. The van der Waals surface area contributed by atoms with E-state index < -0.39 is 30.8 Å². The molecule has 0 saturated carbocycles. The molecule has 9 heteroatoms. The maximum Gasteiger partial charge on any atom is 0.438 e. The summed E-state index contributed by atoms with van der Waals surface area (Å²) in [5.41, 5.74) is -1.53. The van der Waals surface area contributed by atoms with Gasteiger partial charge in [0.15, 0.2) is 6.61 Å². The number of aliphatic hydroxyl groups is 1. The highest BCUT2D eigenvalue weighted by atomic mass is 35.5. The number of amides is 1. The molecule has 2 aromatic rings. The summed E-state index contributed by atoms with van der Waals surface area (Å²) in [6, 6.07) is 11.4. The molecule has 2 aromatic carbocycles. The van der Waals surface area contributed by atoms with Gasteiger partial charge in [0, 0.05) is 5.02 Å². The number of alkyl halides is 3. The Morgan fingerprint density at radius 1 is 1.26 bits per heavy atom. The highest BCUT2D eigenvalue weighted by Crippen LogP contribution is 2.41. The predicted molar refractivity (Wildman–Crippen MR) is 111 cm³/mol. The predicted octanol–water partition coefficient (Wildman–Crippen LogP) is 5.04. The summed E-state index contributed by atoms with van der Waals surface area (Å²) >= 11 is 5.82. The van der Waals surface area contributed by atoms with Crippen LogP contribution in [0.25, 0.3) is 0 Å². The molecule has 1 aliphatic heterocycles. The molecule has 0 fully saturated rings. The third kappa shape index (κ3) is 4.70. The number of halogens is 4. The van der Waals surface area contributed by atoms with E-state index in [1.165, 1.54) is 24.3 Å². The van der Waals surface area contributed by atoms with Crippen LogP contribution in [0.2, 0.25) is 5.02 Å². The van der Waals surface area contributed by atoms with Crippen molar-refractivity contribution in [2.75, 3.05) is 6.61 Å². The number of carbonyl (C=O) groups excluding carboxylic acids is 1. The molecule has 3 rings (SSSR count). The summed E-state index contributed by atoms with van der Waals surface area (Å²) in [5, 5.41) is 14.7. The van der Waals surface area contributed by atoms with Crippen LogP contribution >= 0.6 is 11.6 Å². The first kappa shape index (κ1) is 23.1. The van der Waals surface area contributed by atoms with E-state index in [1.807, 2.05) is 32.9 Å². The fraction of sp³-hybridized carbons (Fsp3) is 0.364. The molecule has 0 radical (unpaired) electrons. The molecule has 0 spiro atoms. The lowest BCUT2D eigenvalue weighted by Crippen LogP contribution is -2.57. The maximum absolute atomic E-state index is 13.7. The van der Waals surface area contributed by atoms with Gasteiger partial charge in [-0.3, -0.25) is 4.79 Å². The second kappa shape index (κ2) is 8.51. The van der Waals surface area contributed by atoms with Gasteiger partial charge in [-0.1, -0.05) is 49.7 Å². The number of ether oxygens (including phenoxy) is 1. The quantitative estimate of drug-likeness (QED) is 0.688. The molecule has 0 aliphatic carbocycles. The van der Waals surface area contributed by atoms with E-state index in [0.29, 0.717) is 16.3 Å². The van der Waals surface area contributed by atoms with E-state index >= 15 is 0 Å². The molecule has 1 unspecified atom stereocenters. The van der Waals surface area contributed by atoms with Crippen molar-refractivity contribution in [3.63, 3.8) is 0 Å². The smallest absolute Gasteiger partial charge is 0.438 e. The second-order valence-corrected chi connectivity index (χ2v) is 8.17. The zero-order valence-corrected chi connectivity index (χ0v) is 18.0. The van der Waals surface area contributed by atoms with Gasteiger partial charge in [-0.15, -0.1) is 0 Å². The summed E-state index contributed by atoms with van der Waals surface area (Å²) in [5.74, 6) is -0.626. The van der Waals surface area contributed by atoms with Gasteiger partial charge in [0.25, 0.3) is 11.6 Å². The van der Waals surface area contributed by atoms with Crippen LogP contribution in [0.5, 0.6) is 5.75 Å². The number of rotatable bonds is 5. The van der Waals surface area contributed by atoms with Crippen molar-refractivity contribution >= 4 is 23.2 Å². The minimum absolute atomic E-state index is 0.0712. The topological polar surface area (TPSA) is 62.1 Å². The summed E-state index contributed by atoms with van der Waals surface area (Å²) in [6.07, 6.45) is -6.02. The van der Waals surface area contributed by atoms with Gasteiger partial charge in [-0.05, 0) is 47.7 Å². The lowest BCUT2D eigenvalue weighted by atomic mass is 10.0. The molecule has 0 aromatic heterocycles. The molecule has 1 aliphatic rings. The van der Waals surface area contributed by atoms with Gasteiger partial charge in [0.2, 0.25) is 0 Å². The minimum Gasteiger partial charge on any atom is -0.483 e. The summed E-state index contributed by atoms with van der Waals surface area (Å²) < 4.78 is 46.7. The van der Waals surface area contributed by atoms with Crippen molar-refractivity contribution in [2.24, 2.45) is 5.10 Å². The molecule has 31 heavy (non-hydrogen) atoms. The van der Waals surface area contributed by atoms with Gasteiger partial charge in [0.1, 0.15) is 5.75 Å². The summed E-state index contributed by atoms with van der Waals surface area (Å²) in [4.78, 5) is 12.7. The monoisotopic (exact) mass is 454 g/mol. The number of hydrazone groups is 1. The lowest BCUT2D eigenvalue weighted by Gasteiger charge is -2.32. The van der Waals surface area contributed by atoms with Gasteiger partial charge >= 0.3 is 6.18 Å². The molecule has 1 amide bonds. The van der Waals surface area contributed by atoms with E-state index in [2.05, 4.69) is 5.10 Å². The van der Waals surface area contributed by atoms with E-state index in [-0.39, 0.29) is 16.6 Å². The van der Waals surface area contributed by atoms with Crippen molar-refractivity contribution in [1.82, 2.24) is 5.01 Å². The van der Waals surface area contributed by atoms with Gasteiger partial charge in [0.05, 0.1) is 12.1 Å². The largest absolute Gasteiger partial charge is 0.483 e. The van der Waals surface area contributed by atoms with Crippen molar-refractivity contribution in [3.8, 4) is 5.75 Å². The molecule has 166 valence electrons. The van der Waals surface area contributed by atoms with E-state index in [1.54, 1.807) is 6.07 Å². The van der Waals surface area contributed by atoms with Crippen LogP contribution in [0.1, 0.15) is 42.9 Å². The second-order valence-electron chi connectivity index (χ2n) is 7.73. The van der Waals surface area contributed by atoms with Crippen molar-refractivity contribution in [1.29, 1.82) is 0 Å². The molecule has 1 N–H and O–H groups in total. The standard InChI is InChI=1S/C22H22ClF3N2O3/c1-13(2)17-9-4-14(3)10-19(17)31-12-20(29)28-21(30,22(24,25)26)11-18(27-28)15-5-7-16(23)8-6-15/h4-10,13,30H,11-12H2,1-3H3. The Balaban J connectivity index is 1.88. The number of benzene rings is 2. The summed E-state index contributed by atoms with van der Waals surface area (Å²) in [6.45, 7) is 5.00. The van der Waals surface area contributed by atoms with E-state index in [9.17, 15) is 23.1 Å². The number of nitrogens with zero attached hydrogens (tertiary/aromatic N) is 2. The number of hydrogen-bond acceptors (Lipinski definition) is 4. The van der Waals surface area contributed by atoms with E-state index in [0.717, 1.165) is 11.1 Å². The zero-order valence-electron chi connectivity index (χ0n) is 17.2. The number of aryl methyl sites for hydroxylation is 1. The fourth-order valence-corrected chi connectivity index (χ4v) is 3.40. The Bertz CT molecular complexity index is 1010. The fourth-order valence-electron chi connectivity index (χ4n) is 3.28. The van der Waals surface area contributed by atoms with Gasteiger partial charge < -0.3 is 9.84 Å². The van der Waals surface area contributed by atoms with Crippen molar-refractivity contribution in [3.05, 3.63) is 64.2 Å². The Kier molecular flexibility index (Phi) is 6.34. The van der Waals surface area contributed by atoms with Crippen LogP contribution in [-0.4, -0.2) is 40.2 Å². The average Bonchev–Trinajstić information content (AvgIpc) is 3.05. The van der Waals surface area contributed by atoms with Crippen LogP contribution in [0.3, 0.4) is 0 Å². The maximum atomic E-state index is 13.7. The Labute approximate surface area is 183 Å². The molecule has 0 saturated heterocycles. The zero-order chi connectivity index (χ0) is 23.0. The van der Waals surface area contributed by atoms with Crippen LogP contribution < -0.4 is 4.74 Å². The molecule has 5 nitrogen and oxygen atoms in total. The Morgan fingerprint density at radius 2 is 1.90 bits per heavy atom. The third-order valence-corrected chi connectivity index (χ3v) is 5.25. The summed E-state index contributed by atoms with van der Waals surface area (Å²) in [7, 11) is 0. The van der Waals surface area contributed by atoms with Gasteiger partial charge in [-0.2, -0.15) is 23.3 Å². The van der Waals surface area contributed by atoms with Crippen LogP contribution in [0.4, 0.5) is 13.2 Å². The van der Waals surface area contributed by atoms with Crippen LogP contribution in [-0.2, 0) is 4.79 Å². The number of hydrogen-bond donors (Lipinski definition) is 1. The first-order valence-electron chi connectivity index (χ1n) is 9.61. The highest BCUT2D eigenvalue weighted by molar-refractivity contribution is 6.30. The first-order chi connectivity index (χ1) is 14.4. The molecule has 1 heterocycles. The van der Waals surface area contributed by atoms with Gasteiger partial charge in [-0.25, -0.2) is 0 Å². The Morgan fingerprint density at radius 3 is 2.48 bits per heavy atom. The number of carbonyl (C=O) groups is 1. The highest BCUT2D eigenvalue weighted by Gasteiger charge is 2.63. The third-order valence-electron chi connectivity index (χ3n) is 4.99. The SMILES string of the molecule is Cc1ccc(C(C)C)c(OCC(=O)N2N=C(c3ccc(Cl)cc3)CC2(O)C(F)(F)F)c1.